The first kappa shape index (κ1) is 16.2. The Hall–Kier alpha value is -0.700. The highest BCUT2D eigenvalue weighted by atomic mass is 32.2. The van der Waals surface area contributed by atoms with Gasteiger partial charge < -0.3 is 4.90 Å². The Morgan fingerprint density at radius 1 is 1.09 bits per heavy atom. The number of amides is 1. The lowest BCUT2D eigenvalue weighted by Crippen LogP contribution is -2.51. The Kier molecular flexibility index (Phi) is 5.01. The van der Waals surface area contributed by atoms with Gasteiger partial charge in [-0.1, -0.05) is 18.2 Å². The van der Waals surface area contributed by atoms with Gasteiger partial charge in [0, 0.05) is 30.3 Å². The van der Waals surface area contributed by atoms with Gasteiger partial charge in [0.1, 0.15) is 6.04 Å². The van der Waals surface area contributed by atoms with Crippen LogP contribution in [-0.4, -0.2) is 65.8 Å². The number of benzene rings is 1. The van der Waals surface area contributed by atoms with Crippen LogP contribution in [0, 0.1) is 0 Å². The lowest BCUT2D eigenvalue weighted by Gasteiger charge is -2.31. The first-order chi connectivity index (χ1) is 10.6. The van der Waals surface area contributed by atoms with Crippen LogP contribution in [0.3, 0.4) is 0 Å². The SMILES string of the molecule is O=C([C@@H]1CSCN1S(=O)(=O)c1ccccc1)N1CCSCC1. The van der Waals surface area contributed by atoms with Gasteiger partial charge in [0.15, 0.2) is 0 Å². The van der Waals surface area contributed by atoms with Crippen molar-refractivity contribution in [1.29, 1.82) is 0 Å². The molecule has 0 N–H and O–H groups in total. The number of hydrogen-bond donors (Lipinski definition) is 0. The predicted octanol–water partition coefficient (Wildman–Crippen LogP) is 1.33. The number of rotatable bonds is 3. The molecule has 22 heavy (non-hydrogen) atoms. The lowest BCUT2D eigenvalue weighted by molar-refractivity contribution is -0.133. The number of nitrogens with zero attached hydrogens (tertiary/aromatic N) is 2. The summed E-state index contributed by atoms with van der Waals surface area (Å²) in [5.41, 5.74) is 0. The molecule has 0 aliphatic carbocycles. The molecular formula is C14H18N2O3S3. The van der Waals surface area contributed by atoms with Gasteiger partial charge in [0.25, 0.3) is 0 Å². The summed E-state index contributed by atoms with van der Waals surface area (Å²) in [4.78, 5) is 14.7. The smallest absolute Gasteiger partial charge is 0.244 e. The quantitative estimate of drug-likeness (QED) is 0.816. The minimum absolute atomic E-state index is 0.0511. The van der Waals surface area contributed by atoms with Crippen LogP contribution in [0.25, 0.3) is 0 Å². The molecule has 120 valence electrons. The molecule has 2 heterocycles. The van der Waals surface area contributed by atoms with E-state index in [-0.39, 0.29) is 10.8 Å². The molecule has 2 aliphatic rings. The summed E-state index contributed by atoms with van der Waals surface area (Å²) in [6.07, 6.45) is 0. The number of hydrogen-bond acceptors (Lipinski definition) is 5. The molecule has 2 fully saturated rings. The summed E-state index contributed by atoms with van der Waals surface area (Å²) in [7, 11) is -3.61. The van der Waals surface area contributed by atoms with Gasteiger partial charge in [-0.15, -0.1) is 11.8 Å². The molecular weight excluding hydrogens is 340 g/mol. The third-order valence-electron chi connectivity index (χ3n) is 3.80. The zero-order valence-electron chi connectivity index (χ0n) is 12.1. The van der Waals surface area contributed by atoms with E-state index in [2.05, 4.69) is 0 Å². The standard InChI is InChI=1S/C14H18N2O3S3/c17-14(15-6-8-20-9-7-15)13-10-21-11-16(13)22(18,19)12-4-2-1-3-5-12/h1-5,13H,6-11H2/t13-/m0/s1. The summed E-state index contributed by atoms with van der Waals surface area (Å²) in [5, 5.41) is 0. The monoisotopic (exact) mass is 358 g/mol. The van der Waals surface area contributed by atoms with Gasteiger partial charge in [-0.05, 0) is 12.1 Å². The fourth-order valence-corrected chi connectivity index (χ4v) is 6.64. The van der Waals surface area contributed by atoms with E-state index in [0.717, 1.165) is 11.5 Å². The van der Waals surface area contributed by atoms with Crippen LogP contribution in [0.4, 0.5) is 0 Å². The van der Waals surface area contributed by atoms with Crippen molar-refractivity contribution in [2.24, 2.45) is 0 Å². The summed E-state index contributed by atoms with van der Waals surface area (Å²) >= 11 is 3.33. The van der Waals surface area contributed by atoms with Crippen molar-refractivity contribution in [1.82, 2.24) is 9.21 Å². The molecule has 0 saturated carbocycles. The number of carbonyl (C=O) groups is 1. The summed E-state index contributed by atoms with van der Waals surface area (Å²) in [5.74, 6) is 2.68. The minimum Gasteiger partial charge on any atom is -0.340 e. The minimum atomic E-state index is -3.61. The van der Waals surface area contributed by atoms with E-state index in [9.17, 15) is 13.2 Å². The highest BCUT2D eigenvalue weighted by Crippen LogP contribution is 2.29. The van der Waals surface area contributed by atoms with Gasteiger partial charge >= 0.3 is 0 Å². The van der Waals surface area contributed by atoms with Crippen LogP contribution in [0.1, 0.15) is 0 Å². The van der Waals surface area contributed by atoms with Crippen molar-refractivity contribution < 1.29 is 13.2 Å². The van der Waals surface area contributed by atoms with Gasteiger partial charge in [-0.2, -0.15) is 16.1 Å². The molecule has 1 amide bonds. The summed E-state index contributed by atoms with van der Waals surface area (Å²) in [6, 6.07) is 7.78. The highest BCUT2D eigenvalue weighted by molar-refractivity contribution is 8.00. The van der Waals surface area contributed by atoms with Crippen LogP contribution < -0.4 is 0 Å². The van der Waals surface area contributed by atoms with Crippen molar-refractivity contribution in [3.05, 3.63) is 30.3 Å². The van der Waals surface area contributed by atoms with Crippen LogP contribution in [-0.2, 0) is 14.8 Å². The Morgan fingerprint density at radius 3 is 2.45 bits per heavy atom. The second-order valence-corrected chi connectivity index (χ2v) is 9.27. The average Bonchev–Trinajstić information content (AvgIpc) is 3.06. The molecule has 2 saturated heterocycles. The van der Waals surface area contributed by atoms with Crippen molar-refractivity contribution in [3.8, 4) is 0 Å². The van der Waals surface area contributed by atoms with Crippen molar-refractivity contribution >= 4 is 39.5 Å². The first-order valence-electron chi connectivity index (χ1n) is 7.12. The molecule has 0 unspecified atom stereocenters. The van der Waals surface area contributed by atoms with Crippen LogP contribution in [0.5, 0.6) is 0 Å². The van der Waals surface area contributed by atoms with Crippen molar-refractivity contribution in [2.45, 2.75) is 10.9 Å². The number of sulfonamides is 1. The van der Waals surface area contributed by atoms with Crippen molar-refractivity contribution in [3.63, 3.8) is 0 Å². The Bertz CT molecular complexity index is 630. The normalized spacial score (nSPS) is 23.6. The zero-order valence-corrected chi connectivity index (χ0v) is 14.5. The molecule has 0 bridgehead atoms. The van der Waals surface area contributed by atoms with E-state index in [4.69, 9.17) is 0 Å². The second kappa shape index (κ2) is 6.82. The third kappa shape index (κ3) is 3.15. The fourth-order valence-electron chi connectivity index (χ4n) is 2.58. The largest absolute Gasteiger partial charge is 0.340 e. The molecule has 8 heteroatoms. The lowest BCUT2D eigenvalue weighted by atomic mass is 10.3. The molecule has 0 spiro atoms. The molecule has 1 aromatic carbocycles. The predicted molar refractivity (Wildman–Crippen MR) is 90.5 cm³/mol. The van der Waals surface area contributed by atoms with E-state index < -0.39 is 16.1 Å². The van der Waals surface area contributed by atoms with E-state index in [1.165, 1.54) is 16.1 Å². The van der Waals surface area contributed by atoms with Gasteiger partial charge in [-0.25, -0.2) is 8.42 Å². The maximum absolute atomic E-state index is 12.8. The van der Waals surface area contributed by atoms with E-state index in [0.29, 0.717) is 24.7 Å². The molecule has 5 nitrogen and oxygen atoms in total. The Balaban J connectivity index is 1.82. The van der Waals surface area contributed by atoms with Crippen molar-refractivity contribution in [2.75, 3.05) is 36.2 Å². The second-order valence-electron chi connectivity index (χ2n) is 5.16. The topological polar surface area (TPSA) is 57.7 Å². The van der Waals surface area contributed by atoms with Gasteiger partial charge in [0.05, 0.1) is 10.8 Å². The summed E-state index contributed by atoms with van der Waals surface area (Å²) < 4.78 is 26.9. The molecule has 2 aliphatic heterocycles. The molecule has 1 atom stereocenters. The maximum atomic E-state index is 12.8. The van der Waals surface area contributed by atoms with E-state index in [1.807, 2.05) is 11.8 Å². The van der Waals surface area contributed by atoms with Crippen LogP contribution in [0.2, 0.25) is 0 Å². The number of carbonyl (C=O) groups excluding carboxylic acids is 1. The number of thioether (sulfide) groups is 2. The van der Waals surface area contributed by atoms with E-state index >= 15 is 0 Å². The molecule has 3 rings (SSSR count). The Labute approximate surface area is 139 Å². The highest BCUT2D eigenvalue weighted by Gasteiger charge is 2.41. The van der Waals surface area contributed by atoms with Gasteiger partial charge in [-0.3, -0.25) is 4.79 Å². The maximum Gasteiger partial charge on any atom is 0.244 e. The zero-order chi connectivity index (χ0) is 15.6. The van der Waals surface area contributed by atoms with Crippen LogP contribution >= 0.6 is 23.5 Å². The first-order valence-corrected chi connectivity index (χ1v) is 10.9. The summed E-state index contributed by atoms with van der Waals surface area (Å²) in [6.45, 7) is 1.42. The molecule has 0 aromatic heterocycles. The average molecular weight is 359 g/mol. The fraction of sp³-hybridized carbons (Fsp3) is 0.500. The Morgan fingerprint density at radius 2 is 1.77 bits per heavy atom. The van der Waals surface area contributed by atoms with Crippen LogP contribution in [0.15, 0.2) is 35.2 Å². The molecule has 1 aromatic rings. The molecule has 0 radical (unpaired) electrons. The van der Waals surface area contributed by atoms with Gasteiger partial charge in [0.2, 0.25) is 15.9 Å². The van der Waals surface area contributed by atoms with E-state index in [1.54, 1.807) is 35.2 Å². The third-order valence-corrected chi connectivity index (χ3v) is 7.79.